The maximum Gasteiger partial charge on any atom is 0.270 e. The van der Waals surface area contributed by atoms with E-state index in [1.54, 1.807) is 6.07 Å². The second-order valence-corrected chi connectivity index (χ2v) is 9.63. The lowest BCUT2D eigenvalue weighted by Gasteiger charge is -2.31. The van der Waals surface area contributed by atoms with Crippen LogP contribution in [0, 0.1) is 0 Å². The fourth-order valence-electron chi connectivity index (χ4n) is 4.27. The molecule has 2 aromatic carbocycles. The predicted octanol–water partition coefficient (Wildman–Crippen LogP) is 4.06. The Labute approximate surface area is 172 Å². The molecule has 152 valence electrons. The van der Waals surface area contributed by atoms with Gasteiger partial charge in [0, 0.05) is 24.2 Å². The van der Waals surface area contributed by atoms with Crippen LogP contribution in [0.1, 0.15) is 49.7 Å². The highest BCUT2D eigenvalue weighted by atomic mass is 32.2. The number of nitrogens with one attached hydrogen (secondary N) is 1. The second-order valence-electron chi connectivity index (χ2n) is 7.72. The zero-order valence-corrected chi connectivity index (χ0v) is 17.4. The number of rotatable bonds is 3. The first kappa shape index (κ1) is 19.7. The third-order valence-electron chi connectivity index (χ3n) is 5.82. The standard InChI is InChI=1S/C23H26N2O3S/c1-25-20-16-10-9-15-19(20)21(17-11-5-4-6-12-17)22(29(25,27)28)23(26)24-18-13-7-2-3-8-14-18/h4-6,9-12,15-16,18H,2-3,7-8,13-14H2,1H3,(H,24,26). The fourth-order valence-corrected chi connectivity index (χ4v) is 5.75. The van der Waals surface area contributed by atoms with Crippen LogP contribution < -0.4 is 9.62 Å². The van der Waals surface area contributed by atoms with E-state index in [9.17, 15) is 13.2 Å². The van der Waals surface area contributed by atoms with Crippen molar-refractivity contribution in [2.45, 2.75) is 44.6 Å². The summed E-state index contributed by atoms with van der Waals surface area (Å²) in [6, 6.07) is 16.7. The molecule has 1 aliphatic heterocycles. The van der Waals surface area contributed by atoms with E-state index in [-0.39, 0.29) is 10.9 Å². The van der Waals surface area contributed by atoms with E-state index in [0.29, 0.717) is 11.3 Å². The number of fused-ring (bicyclic) bond motifs is 1. The first-order valence-corrected chi connectivity index (χ1v) is 11.6. The Morgan fingerprint density at radius 2 is 1.55 bits per heavy atom. The summed E-state index contributed by atoms with van der Waals surface area (Å²) in [5.74, 6) is -0.503. The number of hydrogen-bond donors (Lipinski definition) is 1. The third kappa shape index (κ3) is 3.69. The molecule has 0 saturated heterocycles. The average Bonchev–Trinajstić information content (AvgIpc) is 2.99. The zero-order chi connectivity index (χ0) is 20.4. The van der Waals surface area contributed by atoms with Gasteiger partial charge in [0.15, 0.2) is 4.91 Å². The topological polar surface area (TPSA) is 66.5 Å². The van der Waals surface area contributed by atoms with Gasteiger partial charge in [-0.15, -0.1) is 0 Å². The molecule has 0 aromatic heterocycles. The van der Waals surface area contributed by atoms with E-state index in [0.717, 1.165) is 36.8 Å². The van der Waals surface area contributed by atoms with E-state index in [1.165, 1.54) is 24.2 Å². The monoisotopic (exact) mass is 410 g/mol. The van der Waals surface area contributed by atoms with Crippen LogP contribution in [0.25, 0.3) is 5.57 Å². The minimum atomic E-state index is -3.97. The minimum absolute atomic E-state index is 0.0206. The Kier molecular flexibility index (Phi) is 5.46. The maximum atomic E-state index is 13.4. The molecule has 4 rings (SSSR count). The predicted molar refractivity (Wildman–Crippen MR) is 116 cm³/mol. The van der Waals surface area contributed by atoms with Crippen molar-refractivity contribution in [3.8, 4) is 0 Å². The Morgan fingerprint density at radius 1 is 0.931 bits per heavy atom. The molecule has 1 aliphatic carbocycles. The molecule has 1 saturated carbocycles. The summed E-state index contributed by atoms with van der Waals surface area (Å²) in [4.78, 5) is 13.2. The van der Waals surface area contributed by atoms with Crippen molar-refractivity contribution in [2.24, 2.45) is 0 Å². The van der Waals surface area contributed by atoms with Crippen molar-refractivity contribution in [3.63, 3.8) is 0 Å². The Morgan fingerprint density at radius 3 is 2.24 bits per heavy atom. The van der Waals surface area contributed by atoms with E-state index in [4.69, 9.17) is 0 Å². The number of carbonyl (C=O) groups is 1. The van der Waals surface area contributed by atoms with E-state index < -0.39 is 15.9 Å². The van der Waals surface area contributed by atoms with Crippen LogP contribution >= 0.6 is 0 Å². The largest absolute Gasteiger partial charge is 0.349 e. The highest BCUT2D eigenvalue weighted by Gasteiger charge is 2.39. The van der Waals surface area contributed by atoms with Crippen LogP contribution in [0.2, 0.25) is 0 Å². The van der Waals surface area contributed by atoms with Crippen LogP contribution in [0.15, 0.2) is 59.5 Å². The smallest absolute Gasteiger partial charge is 0.270 e. The number of anilines is 1. The lowest BCUT2D eigenvalue weighted by molar-refractivity contribution is -0.117. The van der Waals surface area contributed by atoms with Gasteiger partial charge in [-0.3, -0.25) is 9.10 Å². The maximum absolute atomic E-state index is 13.4. The molecule has 0 bridgehead atoms. The quantitative estimate of drug-likeness (QED) is 0.776. The zero-order valence-electron chi connectivity index (χ0n) is 16.6. The van der Waals surface area contributed by atoms with E-state index >= 15 is 0 Å². The van der Waals surface area contributed by atoms with Gasteiger partial charge in [0.1, 0.15) is 0 Å². The van der Waals surface area contributed by atoms with E-state index in [1.807, 2.05) is 48.5 Å². The molecule has 0 unspecified atom stereocenters. The van der Waals surface area contributed by atoms with Crippen LogP contribution in [0.5, 0.6) is 0 Å². The fraction of sp³-hybridized carbons (Fsp3) is 0.348. The number of hydrogen-bond acceptors (Lipinski definition) is 3. The normalized spacial score (nSPS) is 19.4. The third-order valence-corrected chi connectivity index (χ3v) is 7.64. The lowest BCUT2D eigenvalue weighted by atomic mass is 9.95. The molecule has 6 heteroatoms. The summed E-state index contributed by atoms with van der Waals surface area (Å²) in [7, 11) is -2.46. The number of benzene rings is 2. The van der Waals surface area contributed by atoms with E-state index in [2.05, 4.69) is 5.32 Å². The van der Waals surface area contributed by atoms with Gasteiger partial charge in [0.05, 0.1) is 5.69 Å². The number of nitrogens with zero attached hydrogens (tertiary/aromatic N) is 1. The molecular formula is C23H26N2O3S. The van der Waals surface area contributed by atoms with Crippen LogP contribution in [-0.4, -0.2) is 27.4 Å². The molecule has 0 radical (unpaired) electrons. The SMILES string of the molecule is CN1c2ccccc2C(c2ccccc2)=C(C(=O)NC2CCCCCC2)S1(=O)=O. The molecule has 0 spiro atoms. The van der Waals surface area contributed by atoms with Crippen molar-refractivity contribution < 1.29 is 13.2 Å². The number of para-hydroxylation sites is 1. The highest BCUT2D eigenvalue weighted by Crippen LogP contribution is 2.42. The van der Waals surface area contributed by atoms with Crippen molar-refractivity contribution in [3.05, 3.63) is 70.6 Å². The van der Waals surface area contributed by atoms with Gasteiger partial charge < -0.3 is 5.32 Å². The van der Waals surface area contributed by atoms with Crippen LogP contribution in [0.3, 0.4) is 0 Å². The van der Waals surface area contributed by atoms with Gasteiger partial charge in [0.2, 0.25) is 0 Å². The van der Waals surface area contributed by atoms with Crippen molar-refractivity contribution in [1.82, 2.24) is 5.32 Å². The molecule has 1 heterocycles. The van der Waals surface area contributed by atoms with Gasteiger partial charge in [0.25, 0.3) is 15.9 Å². The summed E-state index contributed by atoms with van der Waals surface area (Å²) in [6.45, 7) is 0. The molecule has 1 amide bonds. The van der Waals surface area contributed by atoms with Gasteiger partial charge in [-0.1, -0.05) is 74.2 Å². The summed E-state index contributed by atoms with van der Waals surface area (Å²) in [5.41, 5.74) is 2.53. The van der Waals surface area contributed by atoms with Crippen molar-refractivity contribution >= 4 is 27.2 Å². The summed E-state index contributed by atoms with van der Waals surface area (Å²) in [5, 5.41) is 3.03. The summed E-state index contributed by atoms with van der Waals surface area (Å²) < 4.78 is 28.1. The Hall–Kier alpha value is -2.60. The molecule has 1 fully saturated rings. The number of amides is 1. The highest BCUT2D eigenvalue weighted by molar-refractivity contribution is 7.97. The molecule has 0 atom stereocenters. The first-order chi connectivity index (χ1) is 14.0. The van der Waals surface area contributed by atoms with Crippen LogP contribution in [-0.2, 0) is 14.8 Å². The van der Waals surface area contributed by atoms with Crippen molar-refractivity contribution in [1.29, 1.82) is 0 Å². The van der Waals surface area contributed by atoms with Crippen molar-refractivity contribution in [2.75, 3.05) is 11.4 Å². The Bertz CT molecular complexity index is 1040. The molecule has 29 heavy (non-hydrogen) atoms. The first-order valence-electron chi connectivity index (χ1n) is 10.2. The average molecular weight is 411 g/mol. The second kappa shape index (κ2) is 8.03. The molecule has 2 aromatic rings. The van der Waals surface area contributed by atoms with Crippen LogP contribution in [0.4, 0.5) is 5.69 Å². The molecule has 2 aliphatic rings. The molecular weight excluding hydrogens is 384 g/mol. The summed E-state index contributed by atoms with van der Waals surface area (Å²) >= 11 is 0. The minimum Gasteiger partial charge on any atom is -0.349 e. The lowest BCUT2D eigenvalue weighted by Crippen LogP contribution is -2.42. The Balaban J connectivity index is 1.87. The van der Waals surface area contributed by atoms with Gasteiger partial charge in [-0.05, 0) is 24.5 Å². The van der Waals surface area contributed by atoms with Gasteiger partial charge in [-0.25, -0.2) is 8.42 Å². The number of sulfonamides is 1. The molecule has 1 N–H and O–H groups in total. The summed E-state index contributed by atoms with van der Waals surface area (Å²) in [6.07, 6.45) is 6.24. The molecule has 5 nitrogen and oxygen atoms in total. The van der Waals surface area contributed by atoms with Gasteiger partial charge in [-0.2, -0.15) is 0 Å². The van der Waals surface area contributed by atoms with Gasteiger partial charge >= 0.3 is 0 Å². The number of carbonyl (C=O) groups excluding carboxylic acids is 1.